The van der Waals surface area contributed by atoms with Crippen molar-refractivity contribution < 1.29 is 4.74 Å². The second kappa shape index (κ2) is 5.21. The van der Waals surface area contributed by atoms with Crippen LogP contribution in [0.5, 0.6) is 11.5 Å². The molecule has 0 saturated carbocycles. The summed E-state index contributed by atoms with van der Waals surface area (Å²) < 4.78 is 5.72. The lowest BCUT2D eigenvalue weighted by Crippen LogP contribution is -1.88. The topological polar surface area (TPSA) is 21.3 Å². The zero-order valence-electron chi connectivity index (χ0n) is 9.81. The van der Waals surface area contributed by atoms with E-state index in [0.29, 0.717) is 0 Å². The Hall–Kier alpha value is -2.22. The molecule has 0 aromatic heterocycles. The normalized spacial score (nSPS) is 9.71. The SMILES string of the molecule is C=Cc1ccc(Oc2ccc(NC)cc2)cc1. The number of hydrogen-bond donors (Lipinski definition) is 1. The van der Waals surface area contributed by atoms with Crippen molar-refractivity contribution in [2.24, 2.45) is 0 Å². The summed E-state index contributed by atoms with van der Waals surface area (Å²) in [7, 11) is 1.89. The molecule has 0 heterocycles. The second-order valence-corrected chi connectivity index (χ2v) is 3.65. The van der Waals surface area contributed by atoms with Crippen LogP contribution >= 0.6 is 0 Å². The first-order valence-corrected chi connectivity index (χ1v) is 5.50. The van der Waals surface area contributed by atoms with Gasteiger partial charge in [-0.1, -0.05) is 24.8 Å². The molecule has 17 heavy (non-hydrogen) atoms. The van der Waals surface area contributed by atoms with Crippen molar-refractivity contribution in [2.45, 2.75) is 0 Å². The lowest BCUT2D eigenvalue weighted by atomic mass is 10.2. The average molecular weight is 225 g/mol. The molecule has 2 heteroatoms. The van der Waals surface area contributed by atoms with Crippen molar-refractivity contribution >= 4 is 11.8 Å². The van der Waals surface area contributed by atoms with Crippen LogP contribution < -0.4 is 10.1 Å². The summed E-state index contributed by atoms with van der Waals surface area (Å²) in [5.41, 5.74) is 2.15. The number of hydrogen-bond acceptors (Lipinski definition) is 2. The van der Waals surface area contributed by atoms with Crippen molar-refractivity contribution in [1.82, 2.24) is 0 Å². The molecule has 0 saturated heterocycles. The van der Waals surface area contributed by atoms with Crippen LogP contribution in [-0.2, 0) is 0 Å². The van der Waals surface area contributed by atoms with Gasteiger partial charge in [-0.25, -0.2) is 0 Å². The Labute approximate surface area is 102 Å². The van der Waals surface area contributed by atoms with Gasteiger partial charge in [0.25, 0.3) is 0 Å². The van der Waals surface area contributed by atoms with Gasteiger partial charge >= 0.3 is 0 Å². The number of anilines is 1. The fraction of sp³-hybridized carbons (Fsp3) is 0.0667. The van der Waals surface area contributed by atoms with Crippen molar-refractivity contribution in [3.63, 3.8) is 0 Å². The molecule has 0 aliphatic heterocycles. The van der Waals surface area contributed by atoms with E-state index in [-0.39, 0.29) is 0 Å². The van der Waals surface area contributed by atoms with E-state index in [0.717, 1.165) is 22.7 Å². The first-order chi connectivity index (χ1) is 8.31. The molecule has 1 N–H and O–H groups in total. The van der Waals surface area contributed by atoms with Crippen molar-refractivity contribution in [2.75, 3.05) is 12.4 Å². The number of ether oxygens (including phenoxy) is 1. The van der Waals surface area contributed by atoms with Gasteiger partial charge < -0.3 is 10.1 Å². The van der Waals surface area contributed by atoms with E-state index >= 15 is 0 Å². The van der Waals surface area contributed by atoms with Crippen LogP contribution in [0.1, 0.15) is 5.56 Å². The van der Waals surface area contributed by atoms with Gasteiger partial charge in [0, 0.05) is 12.7 Å². The maximum absolute atomic E-state index is 5.72. The molecule has 0 spiro atoms. The first-order valence-electron chi connectivity index (χ1n) is 5.50. The van der Waals surface area contributed by atoms with Crippen LogP contribution in [0.3, 0.4) is 0 Å². The van der Waals surface area contributed by atoms with E-state index < -0.39 is 0 Å². The van der Waals surface area contributed by atoms with Crippen LogP contribution in [0.15, 0.2) is 55.1 Å². The Morgan fingerprint density at radius 1 is 0.941 bits per heavy atom. The Balaban J connectivity index is 2.10. The molecule has 2 aromatic rings. The molecule has 0 fully saturated rings. The largest absolute Gasteiger partial charge is 0.457 e. The lowest BCUT2D eigenvalue weighted by molar-refractivity contribution is 0.483. The second-order valence-electron chi connectivity index (χ2n) is 3.65. The smallest absolute Gasteiger partial charge is 0.127 e. The quantitative estimate of drug-likeness (QED) is 0.843. The summed E-state index contributed by atoms with van der Waals surface area (Å²) in [5.74, 6) is 1.66. The number of rotatable bonds is 4. The van der Waals surface area contributed by atoms with E-state index in [9.17, 15) is 0 Å². The number of benzene rings is 2. The summed E-state index contributed by atoms with van der Waals surface area (Å²) in [6.45, 7) is 3.72. The minimum absolute atomic E-state index is 0.827. The van der Waals surface area contributed by atoms with E-state index in [2.05, 4.69) is 11.9 Å². The molecule has 0 atom stereocenters. The van der Waals surface area contributed by atoms with Crippen LogP contribution in [0.25, 0.3) is 6.08 Å². The molecular weight excluding hydrogens is 210 g/mol. The van der Waals surface area contributed by atoms with Crippen LogP contribution in [0, 0.1) is 0 Å². The van der Waals surface area contributed by atoms with Gasteiger partial charge in [0.1, 0.15) is 11.5 Å². The summed E-state index contributed by atoms with van der Waals surface area (Å²) in [6.07, 6.45) is 1.81. The molecule has 2 nitrogen and oxygen atoms in total. The first kappa shape index (κ1) is 11.3. The molecule has 0 aliphatic rings. The monoisotopic (exact) mass is 225 g/mol. The van der Waals surface area contributed by atoms with Crippen molar-refractivity contribution in [3.05, 3.63) is 60.7 Å². The molecule has 0 amide bonds. The van der Waals surface area contributed by atoms with Gasteiger partial charge in [-0.3, -0.25) is 0 Å². The molecule has 2 rings (SSSR count). The van der Waals surface area contributed by atoms with Gasteiger partial charge in [-0.05, 0) is 42.0 Å². The van der Waals surface area contributed by atoms with Gasteiger partial charge in [0.05, 0.1) is 0 Å². The highest BCUT2D eigenvalue weighted by Gasteiger charge is 1.97. The zero-order valence-corrected chi connectivity index (χ0v) is 9.81. The highest BCUT2D eigenvalue weighted by Crippen LogP contribution is 2.23. The molecule has 86 valence electrons. The maximum atomic E-state index is 5.72. The Kier molecular flexibility index (Phi) is 3.46. The van der Waals surface area contributed by atoms with E-state index in [1.54, 1.807) is 0 Å². The van der Waals surface area contributed by atoms with Crippen LogP contribution in [0.2, 0.25) is 0 Å². The third-order valence-electron chi connectivity index (χ3n) is 2.49. The highest BCUT2D eigenvalue weighted by atomic mass is 16.5. The van der Waals surface area contributed by atoms with E-state index in [1.807, 2.05) is 61.7 Å². The van der Waals surface area contributed by atoms with Crippen LogP contribution in [-0.4, -0.2) is 7.05 Å². The van der Waals surface area contributed by atoms with Crippen LogP contribution in [0.4, 0.5) is 5.69 Å². The Bertz CT molecular complexity index is 485. The molecule has 0 aliphatic carbocycles. The number of nitrogens with one attached hydrogen (secondary N) is 1. The van der Waals surface area contributed by atoms with Crippen molar-refractivity contribution in [3.8, 4) is 11.5 Å². The van der Waals surface area contributed by atoms with Gasteiger partial charge in [-0.2, -0.15) is 0 Å². The molecule has 2 aromatic carbocycles. The zero-order chi connectivity index (χ0) is 12.1. The van der Waals surface area contributed by atoms with Crippen molar-refractivity contribution in [1.29, 1.82) is 0 Å². The Morgan fingerprint density at radius 2 is 1.47 bits per heavy atom. The standard InChI is InChI=1S/C15H15NO/c1-3-12-4-8-14(9-5-12)17-15-10-6-13(16-2)7-11-15/h3-11,16H,1H2,2H3. The molecule has 0 unspecified atom stereocenters. The highest BCUT2D eigenvalue weighted by molar-refractivity contribution is 5.49. The van der Waals surface area contributed by atoms with E-state index in [4.69, 9.17) is 4.74 Å². The predicted molar refractivity (Wildman–Crippen MR) is 72.6 cm³/mol. The minimum Gasteiger partial charge on any atom is -0.457 e. The molecule has 0 radical (unpaired) electrons. The predicted octanol–water partition coefficient (Wildman–Crippen LogP) is 4.16. The fourth-order valence-electron chi connectivity index (χ4n) is 1.50. The average Bonchev–Trinajstić information content (AvgIpc) is 2.40. The molecule has 0 bridgehead atoms. The maximum Gasteiger partial charge on any atom is 0.127 e. The minimum atomic E-state index is 0.827. The summed E-state index contributed by atoms with van der Waals surface area (Å²) in [5, 5.41) is 3.07. The van der Waals surface area contributed by atoms with Gasteiger partial charge in [0.2, 0.25) is 0 Å². The molecular formula is C15H15NO. The fourth-order valence-corrected chi connectivity index (χ4v) is 1.50. The van der Waals surface area contributed by atoms with Gasteiger partial charge in [-0.15, -0.1) is 0 Å². The summed E-state index contributed by atoms with van der Waals surface area (Å²) in [4.78, 5) is 0. The Morgan fingerprint density at radius 3 is 1.94 bits per heavy atom. The summed E-state index contributed by atoms with van der Waals surface area (Å²) in [6, 6.07) is 15.7. The third-order valence-corrected chi connectivity index (χ3v) is 2.49. The van der Waals surface area contributed by atoms with Gasteiger partial charge in [0.15, 0.2) is 0 Å². The lowest BCUT2D eigenvalue weighted by Gasteiger charge is -2.06. The van der Waals surface area contributed by atoms with E-state index in [1.165, 1.54) is 0 Å². The third kappa shape index (κ3) is 2.88. The summed E-state index contributed by atoms with van der Waals surface area (Å²) >= 11 is 0.